The summed E-state index contributed by atoms with van der Waals surface area (Å²) in [4.78, 5) is 2.62. The number of likely N-dealkylation sites (N-methyl/N-ethyl adjacent to an activating group) is 1. The molecule has 2 rings (SSSR count). The number of aryl methyl sites for hydroxylation is 1. The van der Waals surface area contributed by atoms with Gasteiger partial charge in [-0.2, -0.15) is 0 Å². The van der Waals surface area contributed by atoms with Gasteiger partial charge < -0.3 is 5.32 Å². The van der Waals surface area contributed by atoms with Gasteiger partial charge in [-0.05, 0) is 51.9 Å². The molecule has 1 heterocycles. The Morgan fingerprint density at radius 3 is 2.33 bits per heavy atom. The van der Waals surface area contributed by atoms with Gasteiger partial charge in [0.2, 0.25) is 0 Å². The molecule has 0 saturated carbocycles. The SMILES string of the molecule is CCNC(c1ccc(C)cc1)C(C)N1CCCC1. The number of likely N-dealkylation sites (tertiary alicyclic amines) is 1. The van der Waals surface area contributed by atoms with Crippen LogP contribution in [-0.4, -0.2) is 30.6 Å². The van der Waals surface area contributed by atoms with Crippen molar-refractivity contribution < 1.29 is 0 Å². The third-order valence-corrected chi connectivity index (χ3v) is 4.06. The first-order chi connectivity index (χ1) is 8.72. The quantitative estimate of drug-likeness (QED) is 0.858. The zero-order valence-electron chi connectivity index (χ0n) is 11.9. The smallest absolute Gasteiger partial charge is 0.0475 e. The summed E-state index contributed by atoms with van der Waals surface area (Å²) in [5, 5.41) is 3.65. The molecule has 1 aromatic rings. The monoisotopic (exact) mass is 246 g/mol. The van der Waals surface area contributed by atoms with E-state index in [1.165, 1.54) is 37.1 Å². The third kappa shape index (κ3) is 3.12. The van der Waals surface area contributed by atoms with E-state index in [4.69, 9.17) is 0 Å². The summed E-state index contributed by atoms with van der Waals surface area (Å²) in [5.41, 5.74) is 2.75. The summed E-state index contributed by atoms with van der Waals surface area (Å²) in [6, 6.07) is 10.0. The fraction of sp³-hybridized carbons (Fsp3) is 0.625. The topological polar surface area (TPSA) is 15.3 Å². The molecule has 1 N–H and O–H groups in total. The Labute approximate surface area is 111 Å². The average molecular weight is 246 g/mol. The first-order valence-electron chi connectivity index (χ1n) is 7.26. The largest absolute Gasteiger partial charge is 0.309 e. The Balaban J connectivity index is 2.13. The second-order valence-corrected chi connectivity index (χ2v) is 5.43. The molecule has 2 heteroatoms. The van der Waals surface area contributed by atoms with Gasteiger partial charge in [-0.25, -0.2) is 0 Å². The van der Waals surface area contributed by atoms with Crippen molar-refractivity contribution >= 4 is 0 Å². The summed E-state index contributed by atoms with van der Waals surface area (Å²) in [5.74, 6) is 0. The molecule has 100 valence electrons. The maximum Gasteiger partial charge on any atom is 0.0475 e. The number of benzene rings is 1. The molecule has 1 saturated heterocycles. The van der Waals surface area contributed by atoms with Crippen molar-refractivity contribution in [2.75, 3.05) is 19.6 Å². The lowest BCUT2D eigenvalue weighted by atomic mass is 9.98. The first-order valence-corrected chi connectivity index (χ1v) is 7.26. The normalized spacial score (nSPS) is 19.9. The van der Waals surface area contributed by atoms with Crippen LogP contribution in [0.25, 0.3) is 0 Å². The Bertz CT molecular complexity index is 352. The number of rotatable bonds is 5. The van der Waals surface area contributed by atoms with Crippen LogP contribution < -0.4 is 5.32 Å². The summed E-state index contributed by atoms with van der Waals surface area (Å²) < 4.78 is 0. The number of nitrogens with one attached hydrogen (secondary N) is 1. The molecule has 1 aliphatic heterocycles. The van der Waals surface area contributed by atoms with E-state index in [-0.39, 0.29) is 0 Å². The van der Waals surface area contributed by atoms with Gasteiger partial charge in [-0.1, -0.05) is 36.8 Å². The lowest BCUT2D eigenvalue weighted by Crippen LogP contribution is -2.41. The summed E-state index contributed by atoms with van der Waals surface area (Å²) in [6.07, 6.45) is 2.72. The zero-order chi connectivity index (χ0) is 13.0. The van der Waals surface area contributed by atoms with Gasteiger partial charge in [0, 0.05) is 12.1 Å². The molecule has 2 nitrogen and oxygen atoms in total. The summed E-state index contributed by atoms with van der Waals surface area (Å²) >= 11 is 0. The van der Waals surface area contributed by atoms with Gasteiger partial charge >= 0.3 is 0 Å². The lowest BCUT2D eigenvalue weighted by molar-refractivity contribution is 0.208. The van der Waals surface area contributed by atoms with Gasteiger partial charge in [-0.15, -0.1) is 0 Å². The molecule has 1 fully saturated rings. The van der Waals surface area contributed by atoms with E-state index in [2.05, 4.69) is 55.3 Å². The van der Waals surface area contributed by atoms with Crippen LogP contribution in [0.4, 0.5) is 0 Å². The number of hydrogen-bond acceptors (Lipinski definition) is 2. The van der Waals surface area contributed by atoms with Gasteiger partial charge in [0.05, 0.1) is 0 Å². The molecule has 0 aromatic heterocycles. The number of hydrogen-bond donors (Lipinski definition) is 1. The maximum atomic E-state index is 3.65. The van der Waals surface area contributed by atoms with Crippen LogP contribution in [0.3, 0.4) is 0 Å². The Hall–Kier alpha value is -0.860. The van der Waals surface area contributed by atoms with Crippen molar-refractivity contribution in [1.29, 1.82) is 0 Å². The van der Waals surface area contributed by atoms with Crippen molar-refractivity contribution in [3.63, 3.8) is 0 Å². The second kappa shape index (κ2) is 6.35. The first kappa shape index (κ1) is 13.6. The molecule has 1 aliphatic rings. The fourth-order valence-electron chi connectivity index (χ4n) is 2.92. The highest BCUT2D eigenvalue weighted by Gasteiger charge is 2.26. The van der Waals surface area contributed by atoms with Gasteiger partial charge in [0.25, 0.3) is 0 Å². The zero-order valence-corrected chi connectivity index (χ0v) is 11.9. The van der Waals surface area contributed by atoms with Crippen LogP contribution in [0.1, 0.15) is 43.9 Å². The van der Waals surface area contributed by atoms with E-state index in [1.54, 1.807) is 0 Å². The highest BCUT2D eigenvalue weighted by molar-refractivity contribution is 5.25. The van der Waals surface area contributed by atoms with Crippen LogP contribution in [0.5, 0.6) is 0 Å². The third-order valence-electron chi connectivity index (χ3n) is 4.06. The minimum absolute atomic E-state index is 0.452. The number of nitrogens with zero attached hydrogens (tertiary/aromatic N) is 1. The Morgan fingerprint density at radius 2 is 1.78 bits per heavy atom. The van der Waals surface area contributed by atoms with Crippen molar-refractivity contribution in [2.24, 2.45) is 0 Å². The van der Waals surface area contributed by atoms with Gasteiger partial charge in [-0.3, -0.25) is 4.90 Å². The molecule has 0 amide bonds. The molecule has 18 heavy (non-hydrogen) atoms. The second-order valence-electron chi connectivity index (χ2n) is 5.43. The molecule has 0 radical (unpaired) electrons. The fourth-order valence-corrected chi connectivity index (χ4v) is 2.92. The van der Waals surface area contributed by atoms with Crippen molar-refractivity contribution in [1.82, 2.24) is 10.2 Å². The molecule has 0 bridgehead atoms. The standard InChI is InChI=1S/C16H26N2/c1-4-17-16(14(3)18-11-5-6-12-18)15-9-7-13(2)8-10-15/h7-10,14,16-17H,4-6,11-12H2,1-3H3. The molecule has 0 spiro atoms. The van der Waals surface area contributed by atoms with Crippen LogP contribution in [-0.2, 0) is 0 Å². The molecule has 2 atom stereocenters. The average Bonchev–Trinajstić information content (AvgIpc) is 2.90. The lowest BCUT2D eigenvalue weighted by Gasteiger charge is -2.32. The molecular weight excluding hydrogens is 220 g/mol. The van der Waals surface area contributed by atoms with Crippen molar-refractivity contribution in [2.45, 2.75) is 45.7 Å². The molecule has 1 aromatic carbocycles. The predicted molar refractivity (Wildman–Crippen MR) is 77.9 cm³/mol. The van der Waals surface area contributed by atoms with E-state index in [1.807, 2.05) is 0 Å². The van der Waals surface area contributed by atoms with E-state index in [0.717, 1.165) is 6.54 Å². The Morgan fingerprint density at radius 1 is 1.17 bits per heavy atom. The van der Waals surface area contributed by atoms with Gasteiger partial charge in [0.1, 0.15) is 0 Å². The predicted octanol–water partition coefficient (Wildman–Crippen LogP) is 3.13. The van der Waals surface area contributed by atoms with E-state index in [9.17, 15) is 0 Å². The van der Waals surface area contributed by atoms with Gasteiger partial charge in [0.15, 0.2) is 0 Å². The highest BCUT2D eigenvalue weighted by atomic mass is 15.2. The van der Waals surface area contributed by atoms with Crippen molar-refractivity contribution in [3.05, 3.63) is 35.4 Å². The van der Waals surface area contributed by atoms with Crippen LogP contribution in [0.15, 0.2) is 24.3 Å². The van der Waals surface area contributed by atoms with E-state index >= 15 is 0 Å². The summed E-state index contributed by atoms with van der Waals surface area (Å²) in [6.45, 7) is 10.2. The highest BCUT2D eigenvalue weighted by Crippen LogP contribution is 2.24. The van der Waals surface area contributed by atoms with E-state index in [0.29, 0.717) is 12.1 Å². The molecule has 0 aliphatic carbocycles. The molecule has 2 unspecified atom stereocenters. The van der Waals surface area contributed by atoms with Crippen LogP contribution in [0, 0.1) is 6.92 Å². The van der Waals surface area contributed by atoms with E-state index < -0.39 is 0 Å². The maximum absolute atomic E-state index is 3.65. The van der Waals surface area contributed by atoms with Crippen LogP contribution >= 0.6 is 0 Å². The van der Waals surface area contributed by atoms with Crippen LogP contribution in [0.2, 0.25) is 0 Å². The molecular formula is C16H26N2. The Kier molecular flexibility index (Phi) is 4.79. The minimum Gasteiger partial charge on any atom is -0.309 e. The summed E-state index contributed by atoms with van der Waals surface area (Å²) in [7, 11) is 0. The minimum atomic E-state index is 0.452. The van der Waals surface area contributed by atoms with Crippen molar-refractivity contribution in [3.8, 4) is 0 Å².